The fraction of sp³-hybridized carbons (Fsp3) is 0. The van der Waals surface area contributed by atoms with Crippen LogP contribution in [-0.2, 0) is 4.79 Å². The summed E-state index contributed by atoms with van der Waals surface area (Å²) in [6, 6.07) is 0. The third-order valence-corrected chi connectivity index (χ3v) is 3.86. The summed E-state index contributed by atoms with van der Waals surface area (Å²) in [6.07, 6.45) is 0. The predicted molar refractivity (Wildman–Crippen MR) is 66.3 cm³/mol. The van der Waals surface area contributed by atoms with Gasteiger partial charge in [-0.1, -0.05) is 64.6 Å². The number of rotatable bonds is 3. The van der Waals surface area contributed by atoms with E-state index in [-0.39, 0.29) is 30.9 Å². The number of aliphatic carboxylic acids is 1. The maximum Gasteiger partial charge on any atom is 0.167 e. The molecule has 0 saturated carbocycles. The van der Waals surface area contributed by atoms with Crippen molar-refractivity contribution in [2.24, 2.45) is 0 Å². The molecule has 0 aromatic heterocycles. The van der Waals surface area contributed by atoms with E-state index in [1.54, 1.807) is 0 Å². The van der Waals surface area contributed by atoms with Crippen molar-refractivity contribution in [3.05, 3.63) is 37.5 Å². The molecule has 0 aliphatic heterocycles. The largest absolute Gasteiger partial charge is 0.542 e. The first-order valence-electron chi connectivity index (χ1n) is 3.86. The number of carbonyl (C=O) groups excluding carboxylic acids is 1. The van der Waals surface area contributed by atoms with Crippen molar-refractivity contribution in [3.63, 3.8) is 0 Å². The molecule has 92 valence electrons. The molecule has 0 bridgehead atoms. The SMILES string of the molecule is C=C(Oc1c(Cl)c(Cl)c(Cl)c(Cl)c1Cl)C(=O)[O-]. The second kappa shape index (κ2) is 5.55. The van der Waals surface area contributed by atoms with Gasteiger partial charge in [-0.2, -0.15) is 0 Å². The molecule has 0 radical (unpaired) electrons. The molecule has 0 atom stereocenters. The lowest BCUT2D eigenvalue weighted by Gasteiger charge is -2.14. The van der Waals surface area contributed by atoms with E-state index in [1.807, 2.05) is 0 Å². The highest BCUT2D eigenvalue weighted by Gasteiger charge is 2.21. The van der Waals surface area contributed by atoms with Crippen molar-refractivity contribution in [1.29, 1.82) is 0 Å². The van der Waals surface area contributed by atoms with Crippen LogP contribution >= 0.6 is 58.0 Å². The van der Waals surface area contributed by atoms with E-state index in [4.69, 9.17) is 62.7 Å². The van der Waals surface area contributed by atoms with Gasteiger partial charge in [0.25, 0.3) is 0 Å². The Balaban J connectivity index is 3.35. The van der Waals surface area contributed by atoms with Crippen molar-refractivity contribution in [2.75, 3.05) is 0 Å². The Morgan fingerprint density at radius 3 is 1.65 bits per heavy atom. The molecular weight excluding hydrogens is 333 g/mol. The van der Waals surface area contributed by atoms with Crippen molar-refractivity contribution in [2.45, 2.75) is 0 Å². The Morgan fingerprint density at radius 1 is 0.941 bits per heavy atom. The summed E-state index contributed by atoms with van der Waals surface area (Å²) in [5.41, 5.74) is 0. The van der Waals surface area contributed by atoms with Gasteiger partial charge in [-0.05, 0) is 0 Å². The minimum Gasteiger partial charge on any atom is -0.542 e. The number of hydrogen-bond donors (Lipinski definition) is 0. The molecule has 0 aliphatic rings. The minimum absolute atomic E-state index is 0.0604. The molecule has 0 aliphatic carbocycles. The molecule has 0 saturated heterocycles. The molecule has 1 aromatic carbocycles. The normalized spacial score (nSPS) is 10.2. The van der Waals surface area contributed by atoms with Crippen molar-refractivity contribution >= 4 is 64.0 Å². The maximum atomic E-state index is 10.4. The Hall–Kier alpha value is -0.320. The maximum absolute atomic E-state index is 10.4. The summed E-state index contributed by atoms with van der Waals surface area (Å²) in [4.78, 5) is 10.4. The molecule has 0 amide bonds. The number of halogens is 5. The van der Waals surface area contributed by atoms with Crippen LogP contribution in [-0.4, -0.2) is 5.97 Å². The van der Waals surface area contributed by atoms with Crippen LogP contribution in [0.4, 0.5) is 0 Å². The quantitative estimate of drug-likeness (QED) is 0.367. The van der Waals surface area contributed by atoms with Crippen LogP contribution in [0, 0.1) is 0 Å². The number of carbonyl (C=O) groups is 1. The molecule has 0 unspecified atom stereocenters. The smallest absolute Gasteiger partial charge is 0.167 e. The summed E-state index contributed by atoms with van der Waals surface area (Å²) in [7, 11) is 0. The Bertz CT molecular complexity index is 483. The zero-order valence-electron chi connectivity index (χ0n) is 7.82. The first-order valence-corrected chi connectivity index (χ1v) is 5.75. The standard InChI is InChI=1S/C9H3Cl5O3/c1-2(9(15)16)17-8-6(13)4(11)3(10)5(12)7(8)14/h1H2,(H,15,16)/p-1. The van der Waals surface area contributed by atoms with Crippen LogP contribution in [0.5, 0.6) is 5.75 Å². The molecule has 0 spiro atoms. The van der Waals surface area contributed by atoms with Crippen LogP contribution in [0.15, 0.2) is 12.3 Å². The van der Waals surface area contributed by atoms with E-state index in [9.17, 15) is 9.90 Å². The van der Waals surface area contributed by atoms with Gasteiger partial charge in [-0.25, -0.2) is 0 Å². The molecular formula is C9H2Cl5O3-. The Morgan fingerprint density at radius 2 is 1.29 bits per heavy atom. The number of carboxylic acid groups (broad SMARTS) is 1. The molecule has 0 N–H and O–H groups in total. The average molecular weight is 335 g/mol. The first kappa shape index (κ1) is 14.7. The summed E-state index contributed by atoms with van der Waals surface area (Å²) < 4.78 is 4.81. The summed E-state index contributed by atoms with van der Waals surface area (Å²) >= 11 is 28.8. The van der Waals surface area contributed by atoms with Crippen molar-refractivity contribution in [3.8, 4) is 5.75 Å². The lowest BCUT2D eigenvalue weighted by atomic mass is 10.3. The highest BCUT2D eigenvalue weighted by atomic mass is 35.5. The molecule has 17 heavy (non-hydrogen) atoms. The van der Waals surface area contributed by atoms with Crippen LogP contribution in [0.25, 0.3) is 0 Å². The molecule has 1 rings (SSSR count). The van der Waals surface area contributed by atoms with Gasteiger partial charge in [0.1, 0.15) is 21.8 Å². The summed E-state index contributed by atoms with van der Waals surface area (Å²) in [5, 5.41) is 9.83. The van der Waals surface area contributed by atoms with Gasteiger partial charge in [0.2, 0.25) is 0 Å². The van der Waals surface area contributed by atoms with E-state index in [0.29, 0.717) is 0 Å². The number of hydrogen-bond acceptors (Lipinski definition) is 3. The van der Waals surface area contributed by atoms with E-state index in [1.165, 1.54) is 0 Å². The lowest BCUT2D eigenvalue weighted by molar-refractivity contribution is -0.301. The van der Waals surface area contributed by atoms with Crippen LogP contribution in [0.1, 0.15) is 0 Å². The number of benzene rings is 1. The molecule has 3 nitrogen and oxygen atoms in total. The second-order valence-electron chi connectivity index (χ2n) is 2.71. The van der Waals surface area contributed by atoms with Crippen LogP contribution in [0.2, 0.25) is 25.1 Å². The van der Waals surface area contributed by atoms with Crippen molar-refractivity contribution in [1.82, 2.24) is 0 Å². The molecule has 1 aromatic rings. The fourth-order valence-electron chi connectivity index (χ4n) is 0.839. The summed E-state index contributed by atoms with van der Waals surface area (Å²) in [5.74, 6) is -2.57. The van der Waals surface area contributed by atoms with Gasteiger partial charge < -0.3 is 14.6 Å². The van der Waals surface area contributed by atoms with Gasteiger partial charge in [0, 0.05) is 0 Å². The second-order valence-corrected chi connectivity index (χ2v) is 4.60. The highest BCUT2D eigenvalue weighted by molar-refractivity contribution is 6.55. The monoisotopic (exact) mass is 333 g/mol. The molecule has 0 heterocycles. The highest BCUT2D eigenvalue weighted by Crippen LogP contribution is 2.48. The van der Waals surface area contributed by atoms with Crippen molar-refractivity contribution < 1.29 is 14.6 Å². The van der Waals surface area contributed by atoms with Crippen LogP contribution in [0.3, 0.4) is 0 Å². The zero-order chi connectivity index (χ0) is 13.3. The molecule has 0 fully saturated rings. The molecule has 8 heteroatoms. The summed E-state index contributed by atoms with van der Waals surface area (Å²) in [6.45, 7) is 3.09. The van der Waals surface area contributed by atoms with E-state index >= 15 is 0 Å². The number of carboxylic acids is 1. The average Bonchev–Trinajstić information content (AvgIpc) is 2.29. The van der Waals surface area contributed by atoms with Gasteiger partial charge in [-0.3, -0.25) is 0 Å². The first-order chi connectivity index (χ1) is 7.77. The number of ether oxygens (including phenoxy) is 1. The third kappa shape index (κ3) is 2.92. The van der Waals surface area contributed by atoms with Gasteiger partial charge in [-0.15, -0.1) is 0 Å². The Labute approximate surface area is 121 Å². The van der Waals surface area contributed by atoms with Gasteiger partial charge in [0.15, 0.2) is 5.75 Å². The minimum atomic E-state index is -1.63. The Kier molecular flexibility index (Phi) is 4.81. The predicted octanol–water partition coefficient (Wildman–Crippen LogP) is 3.60. The topological polar surface area (TPSA) is 49.4 Å². The zero-order valence-corrected chi connectivity index (χ0v) is 11.6. The van der Waals surface area contributed by atoms with E-state index < -0.39 is 11.7 Å². The lowest BCUT2D eigenvalue weighted by Crippen LogP contribution is -2.26. The fourth-order valence-corrected chi connectivity index (χ4v) is 2.04. The van der Waals surface area contributed by atoms with Crippen LogP contribution < -0.4 is 9.84 Å². The third-order valence-electron chi connectivity index (χ3n) is 1.62. The van der Waals surface area contributed by atoms with Gasteiger partial charge in [0.05, 0.1) is 15.1 Å². The van der Waals surface area contributed by atoms with Gasteiger partial charge >= 0.3 is 0 Å². The van der Waals surface area contributed by atoms with E-state index in [2.05, 4.69) is 6.58 Å². The van der Waals surface area contributed by atoms with E-state index in [0.717, 1.165) is 0 Å².